The van der Waals surface area contributed by atoms with Gasteiger partial charge in [0.25, 0.3) is 0 Å². The van der Waals surface area contributed by atoms with Gasteiger partial charge in [0.1, 0.15) is 0 Å². The van der Waals surface area contributed by atoms with Gasteiger partial charge in [-0.1, -0.05) is 0 Å². The molecular weight excluding hydrogens is 202 g/mol. The molecule has 0 saturated heterocycles. The minimum atomic E-state index is -0.357. The van der Waals surface area contributed by atoms with Crippen LogP contribution in [-0.2, 0) is 6.54 Å². The first-order valence-electron chi connectivity index (χ1n) is 5.52. The average Bonchev–Trinajstić information content (AvgIpc) is 2.15. The lowest BCUT2D eigenvalue weighted by Crippen LogP contribution is -2.28. The number of aliphatic hydroxyl groups is 1. The van der Waals surface area contributed by atoms with Gasteiger partial charge in [-0.05, 0) is 26.8 Å². The van der Waals surface area contributed by atoms with Crippen molar-refractivity contribution in [3.8, 4) is 0 Å². The fraction of sp³-hybridized carbons (Fsp3) is 0.583. The van der Waals surface area contributed by atoms with Crippen LogP contribution in [0.5, 0.6) is 0 Å². The van der Waals surface area contributed by atoms with Crippen LogP contribution in [-0.4, -0.2) is 29.8 Å². The minimum absolute atomic E-state index is 0.357. The Kier molecular flexibility index (Phi) is 4.26. The molecule has 3 N–H and O–H groups in total. The molecular formula is C12H21N3O. The summed E-state index contributed by atoms with van der Waals surface area (Å²) >= 11 is 0. The first kappa shape index (κ1) is 12.9. The Morgan fingerprint density at radius 2 is 2.12 bits per heavy atom. The number of aryl methyl sites for hydroxylation is 2. The standard InChI is InChI=1S/C12H21N3O/c1-8-5-12(15(4)7-9(2)16)11(6-13)10(3)14-8/h5,9,16H,6-7,13H2,1-4H3. The number of pyridine rings is 1. The predicted molar refractivity (Wildman–Crippen MR) is 66.6 cm³/mol. The molecule has 90 valence electrons. The fourth-order valence-electron chi connectivity index (χ4n) is 1.92. The number of hydrogen-bond acceptors (Lipinski definition) is 4. The zero-order chi connectivity index (χ0) is 12.3. The summed E-state index contributed by atoms with van der Waals surface area (Å²) in [6.45, 7) is 6.77. The van der Waals surface area contributed by atoms with E-state index in [4.69, 9.17) is 5.73 Å². The Balaban J connectivity index is 3.10. The van der Waals surface area contributed by atoms with E-state index in [-0.39, 0.29) is 6.10 Å². The molecule has 0 radical (unpaired) electrons. The molecule has 0 aliphatic heterocycles. The molecule has 0 aliphatic rings. The molecule has 1 aromatic rings. The number of nitrogens with zero attached hydrogens (tertiary/aromatic N) is 2. The first-order valence-corrected chi connectivity index (χ1v) is 5.52. The Morgan fingerprint density at radius 3 is 2.62 bits per heavy atom. The van der Waals surface area contributed by atoms with Crippen molar-refractivity contribution in [1.29, 1.82) is 0 Å². The number of nitrogens with two attached hydrogens (primary N) is 1. The van der Waals surface area contributed by atoms with Crippen LogP contribution < -0.4 is 10.6 Å². The maximum Gasteiger partial charge on any atom is 0.0686 e. The van der Waals surface area contributed by atoms with E-state index < -0.39 is 0 Å². The first-order chi connectivity index (χ1) is 7.45. The summed E-state index contributed by atoms with van der Waals surface area (Å²) in [6, 6.07) is 2.01. The highest BCUT2D eigenvalue weighted by atomic mass is 16.3. The lowest BCUT2D eigenvalue weighted by atomic mass is 10.1. The molecule has 0 aromatic carbocycles. The molecule has 1 atom stereocenters. The average molecular weight is 223 g/mol. The summed E-state index contributed by atoms with van der Waals surface area (Å²) in [7, 11) is 1.96. The van der Waals surface area contributed by atoms with Gasteiger partial charge < -0.3 is 15.7 Å². The van der Waals surface area contributed by atoms with Gasteiger partial charge in [0.15, 0.2) is 0 Å². The topological polar surface area (TPSA) is 62.4 Å². The summed E-state index contributed by atoms with van der Waals surface area (Å²) < 4.78 is 0. The van der Waals surface area contributed by atoms with E-state index in [9.17, 15) is 5.11 Å². The lowest BCUT2D eigenvalue weighted by Gasteiger charge is -2.24. The summed E-state index contributed by atoms with van der Waals surface area (Å²) in [6.07, 6.45) is -0.357. The number of likely N-dealkylation sites (N-methyl/N-ethyl adjacent to an activating group) is 1. The Labute approximate surface area is 97.1 Å². The number of anilines is 1. The summed E-state index contributed by atoms with van der Waals surface area (Å²) in [5, 5.41) is 9.40. The van der Waals surface area contributed by atoms with Gasteiger partial charge in [-0.15, -0.1) is 0 Å². The lowest BCUT2D eigenvalue weighted by molar-refractivity contribution is 0.201. The Morgan fingerprint density at radius 1 is 1.50 bits per heavy atom. The molecule has 16 heavy (non-hydrogen) atoms. The van der Waals surface area contributed by atoms with Crippen LogP contribution in [0.15, 0.2) is 6.07 Å². The molecule has 0 spiro atoms. The molecule has 4 nitrogen and oxygen atoms in total. The number of aliphatic hydroxyl groups excluding tert-OH is 1. The second-order valence-corrected chi connectivity index (χ2v) is 4.28. The molecule has 1 rings (SSSR count). The van der Waals surface area contributed by atoms with Crippen molar-refractivity contribution in [2.75, 3.05) is 18.5 Å². The van der Waals surface area contributed by atoms with Crippen molar-refractivity contribution in [2.45, 2.75) is 33.4 Å². The molecule has 1 heterocycles. The summed E-state index contributed by atoms with van der Waals surface area (Å²) in [5.41, 5.74) is 9.80. The van der Waals surface area contributed by atoms with Crippen LogP contribution in [0.4, 0.5) is 5.69 Å². The van der Waals surface area contributed by atoms with E-state index in [1.807, 2.05) is 31.9 Å². The van der Waals surface area contributed by atoms with Crippen molar-refractivity contribution in [3.63, 3.8) is 0 Å². The highest BCUT2D eigenvalue weighted by Gasteiger charge is 2.12. The zero-order valence-electron chi connectivity index (χ0n) is 10.5. The second kappa shape index (κ2) is 5.27. The van der Waals surface area contributed by atoms with E-state index in [0.717, 1.165) is 22.6 Å². The summed E-state index contributed by atoms with van der Waals surface area (Å²) in [5.74, 6) is 0. The van der Waals surface area contributed by atoms with Gasteiger partial charge in [-0.3, -0.25) is 4.98 Å². The van der Waals surface area contributed by atoms with Gasteiger partial charge in [0, 0.05) is 42.8 Å². The van der Waals surface area contributed by atoms with E-state index in [1.54, 1.807) is 6.92 Å². The summed E-state index contributed by atoms with van der Waals surface area (Å²) in [4.78, 5) is 6.42. The van der Waals surface area contributed by atoms with E-state index in [0.29, 0.717) is 13.1 Å². The molecule has 0 saturated carbocycles. The van der Waals surface area contributed by atoms with Crippen LogP contribution in [0.25, 0.3) is 0 Å². The highest BCUT2D eigenvalue weighted by Crippen LogP contribution is 2.22. The van der Waals surface area contributed by atoms with Gasteiger partial charge in [-0.2, -0.15) is 0 Å². The van der Waals surface area contributed by atoms with Crippen molar-refractivity contribution >= 4 is 5.69 Å². The SMILES string of the molecule is Cc1cc(N(C)CC(C)O)c(CN)c(C)n1. The van der Waals surface area contributed by atoms with E-state index in [2.05, 4.69) is 4.98 Å². The smallest absolute Gasteiger partial charge is 0.0686 e. The molecule has 1 aromatic heterocycles. The molecule has 0 fully saturated rings. The maximum absolute atomic E-state index is 9.40. The predicted octanol–water partition coefficient (Wildman–Crippen LogP) is 0.974. The molecule has 4 heteroatoms. The monoisotopic (exact) mass is 223 g/mol. The molecule has 1 unspecified atom stereocenters. The highest BCUT2D eigenvalue weighted by molar-refractivity contribution is 5.55. The quantitative estimate of drug-likeness (QED) is 0.798. The minimum Gasteiger partial charge on any atom is -0.392 e. The molecule has 0 aliphatic carbocycles. The van der Waals surface area contributed by atoms with E-state index in [1.165, 1.54) is 0 Å². The largest absolute Gasteiger partial charge is 0.392 e. The third kappa shape index (κ3) is 2.93. The number of hydrogen-bond donors (Lipinski definition) is 2. The molecule has 0 amide bonds. The van der Waals surface area contributed by atoms with Crippen LogP contribution >= 0.6 is 0 Å². The third-order valence-electron chi connectivity index (χ3n) is 2.59. The fourth-order valence-corrected chi connectivity index (χ4v) is 1.92. The number of aromatic nitrogens is 1. The zero-order valence-corrected chi connectivity index (χ0v) is 10.5. The van der Waals surface area contributed by atoms with Gasteiger partial charge in [0.05, 0.1) is 6.10 Å². The second-order valence-electron chi connectivity index (χ2n) is 4.28. The normalized spacial score (nSPS) is 12.6. The molecule has 0 bridgehead atoms. The van der Waals surface area contributed by atoms with Crippen LogP contribution in [0.3, 0.4) is 0 Å². The van der Waals surface area contributed by atoms with Crippen molar-refractivity contribution in [3.05, 3.63) is 23.0 Å². The van der Waals surface area contributed by atoms with Gasteiger partial charge >= 0.3 is 0 Å². The van der Waals surface area contributed by atoms with Crippen molar-refractivity contribution < 1.29 is 5.11 Å². The van der Waals surface area contributed by atoms with Crippen molar-refractivity contribution in [2.24, 2.45) is 5.73 Å². The maximum atomic E-state index is 9.40. The van der Waals surface area contributed by atoms with Crippen molar-refractivity contribution in [1.82, 2.24) is 4.98 Å². The van der Waals surface area contributed by atoms with Crippen LogP contribution in [0, 0.1) is 13.8 Å². The Hall–Kier alpha value is -1.13. The number of rotatable bonds is 4. The van der Waals surface area contributed by atoms with E-state index >= 15 is 0 Å². The van der Waals surface area contributed by atoms with Crippen LogP contribution in [0.2, 0.25) is 0 Å². The van der Waals surface area contributed by atoms with Crippen LogP contribution in [0.1, 0.15) is 23.9 Å². The third-order valence-corrected chi connectivity index (χ3v) is 2.59. The Bertz CT molecular complexity index is 364. The van der Waals surface area contributed by atoms with Gasteiger partial charge in [-0.25, -0.2) is 0 Å². The van der Waals surface area contributed by atoms with Gasteiger partial charge in [0.2, 0.25) is 0 Å².